The van der Waals surface area contributed by atoms with Gasteiger partial charge in [0, 0.05) is 50.5 Å². The highest BCUT2D eigenvalue weighted by atomic mass is 35.5. The van der Waals surface area contributed by atoms with Crippen LogP contribution in [0.1, 0.15) is 5.69 Å². The monoisotopic (exact) mass is 393 g/mol. The predicted molar refractivity (Wildman–Crippen MR) is 103 cm³/mol. The highest BCUT2D eigenvalue weighted by Gasteiger charge is 2.28. The van der Waals surface area contributed by atoms with E-state index in [0.717, 1.165) is 37.3 Å². The highest BCUT2D eigenvalue weighted by Crippen LogP contribution is 2.33. The number of piperazine rings is 1. The Morgan fingerprint density at radius 1 is 1.19 bits per heavy atom. The van der Waals surface area contributed by atoms with Crippen LogP contribution in [0.5, 0.6) is 0 Å². The molecule has 0 spiro atoms. The molecule has 0 amide bonds. The quantitative estimate of drug-likeness (QED) is 0.736. The number of aromatic nitrogens is 3. The molecule has 3 heterocycles. The van der Waals surface area contributed by atoms with E-state index in [1.165, 1.54) is 8.65 Å². The summed E-state index contributed by atoms with van der Waals surface area (Å²) in [5, 5.41) is 8.49. The largest absolute Gasteiger partial charge is 0.368 e. The number of benzene rings is 1. The van der Waals surface area contributed by atoms with Gasteiger partial charge in [-0.25, -0.2) is 12.4 Å². The van der Waals surface area contributed by atoms with Gasteiger partial charge >= 0.3 is 0 Å². The number of halogens is 1. The molecule has 7 nitrogen and oxygen atoms in total. The lowest BCUT2D eigenvalue weighted by Crippen LogP contribution is -2.43. The summed E-state index contributed by atoms with van der Waals surface area (Å²) in [6, 6.07) is 7.60. The zero-order valence-corrected chi connectivity index (χ0v) is 16.2. The minimum Gasteiger partial charge on any atom is -0.368 e. The van der Waals surface area contributed by atoms with Crippen LogP contribution in [0.2, 0.25) is 5.15 Å². The molecule has 138 valence electrons. The number of nitrogens with one attached hydrogen (secondary N) is 1. The van der Waals surface area contributed by atoms with Crippen LogP contribution in [0.3, 0.4) is 0 Å². The molecule has 0 aliphatic carbocycles. The van der Waals surface area contributed by atoms with E-state index in [9.17, 15) is 8.42 Å². The molecule has 1 aromatic carbocycles. The lowest BCUT2D eigenvalue weighted by Gasteiger charge is -2.30. The first-order valence-corrected chi connectivity index (χ1v) is 10.2. The van der Waals surface area contributed by atoms with Crippen LogP contribution >= 0.6 is 11.6 Å². The lowest BCUT2D eigenvalue weighted by molar-refractivity contribution is 0.588. The van der Waals surface area contributed by atoms with Crippen LogP contribution in [-0.4, -0.2) is 48.3 Å². The van der Waals surface area contributed by atoms with Gasteiger partial charge in [0.1, 0.15) is 10.0 Å². The molecule has 0 atom stereocenters. The molecule has 0 bridgehead atoms. The molecular formula is C17H20ClN5O2S. The first-order chi connectivity index (χ1) is 12.4. The van der Waals surface area contributed by atoms with Gasteiger partial charge in [-0.2, -0.15) is 5.10 Å². The molecule has 0 radical (unpaired) electrons. The van der Waals surface area contributed by atoms with E-state index in [0.29, 0.717) is 11.2 Å². The molecule has 2 aromatic heterocycles. The number of nitrogens with zero attached hydrogens (tertiary/aromatic N) is 4. The van der Waals surface area contributed by atoms with Crippen molar-refractivity contribution in [1.29, 1.82) is 0 Å². The molecule has 9 heteroatoms. The number of anilines is 1. The summed E-state index contributed by atoms with van der Waals surface area (Å²) in [7, 11) is -2.21. The van der Waals surface area contributed by atoms with Crippen molar-refractivity contribution in [3.63, 3.8) is 0 Å². The Bertz CT molecular complexity index is 1080. The van der Waals surface area contributed by atoms with Crippen molar-refractivity contribution in [2.75, 3.05) is 31.1 Å². The van der Waals surface area contributed by atoms with E-state index in [1.807, 2.05) is 24.3 Å². The Kier molecular flexibility index (Phi) is 4.21. The second-order valence-electron chi connectivity index (χ2n) is 6.39. The van der Waals surface area contributed by atoms with Crippen molar-refractivity contribution in [1.82, 2.24) is 19.1 Å². The zero-order valence-electron chi connectivity index (χ0n) is 14.6. The van der Waals surface area contributed by atoms with Crippen LogP contribution in [0.15, 0.2) is 35.4 Å². The van der Waals surface area contributed by atoms with Crippen molar-refractivity contribution in [2.45, 2.75) is 11.8 Å². The normalized spacial score (nSPS) is 15.7. The molecule has 4 rings (SSSR count). The second-order valence-corrected chi connectivity index (χ2v) is 8.50. The summed E-state index contributed by atoms with van der Waals surface area (Å²) < 4.78 is 29.2. The third-order valence-corrected chi connectivity index (χ3v) is 7.14. The van der Waals surface area contributed by atoms with Gasteiger partial charge < -0.3 is 10.2 Å². The van der Waals surface area contributed by atoms with Gasteiger partial charge in [-0.3, -0.25) is 4.68 Å². The number of rotatable bonds is 3. The Hall–Kier alpha value is -2.03. The maximum absolute atomic E-state index is 13.3. The molecule has 1 saturated heterocycles. The fourth-order valence-electron chi connectivity index (χ4n) is 3.52. The van der Waals surface area contributed by atoms with Crippen molar-refractivity contribution in [3.05, 3.63) is 41.3 Å². The van der Waals surface area contributed by atoms with Gasteiger partial charge in [0.25, 0.3) is 10.0 Å². The van der Waals surface area contributed by atoms with Crippen LogP contribution in [0.25, 0.3) is 10.9 Å². The fourth-order valence-corrected chi connectivity index (χ4v) is 5.58. The van der Waals surface area contributed by atoms with Gasteiger partial charge in [0.15, 0.2) is 0 Å². The summed E-state index contributed by atoms with van der Waals surface area (Å²) in [5.41, 5.74) is 2.07. The Morgan fingerprint density at radius 2 is 1.92 bits per heavy atom. The molecule has 3 aromatic rings. The number of hydrogen-bond acceptors (Lipinski definition) is 5. The standard InChI is InChI=1S/C17H20ClN5O2S/c1-12-16(17(18)21(2)20-12)26(24,25)23-9-6-13-14(4-3-5-15(13)23)22-10-7-19-8-11-22/h3-6,9,19H,7-8,10-11H2,1-2H3. The van der Waals surface area contributed by atoms with E-state index in [-0.39, 0.29) is 10.0 Å². The predicted octanol–water partition coefficient (Wildman–Crippen LogP) is 1.98. The Labute approximate surface area is 157 Å². The Morgan fingerprint density at radius 3 is 2.58 bits per heavy atom. The average molecular weight is 394 g/mol. The van der Waals surface area contributed by atoms with Crippen molar-refractivity contribution < 1.29 is 8.42 Å². The van der Waals surface area contributed by atoms with E-state index >= 15 is 0 Å². The van der Waals surface area contributed by atoms with Crippen LogP contribution < -0.4 is 10.2 Å². The average Bonchev–Trinajstić information content (AvgIpc) is 3.17. The SMILES string of the molecule is Cc1nn(C)c(Cl)c1S(=O)(=O)n1ccc2c(N3CCNCC3)cccc21. The van der Waals surface area contributed by atoms with Crippen LogP contribution in [0, 0.1) is 6.92 Å². The minimum absolute atomic E-state index is 0.0479. The summed E-state index contributed by atoms with van der Waals surface area (Å²) in [5.74, 6) is 0. The third-order valence-electron chi connectivity index (χ3n) is 4.75. The van der Waals surface area contributed by atoms with Gasteiger partial charge in [0.2, 0.25) is 0 Å². The smallest absolute Gasteiger partial charge is 0.273 e. The van der Waals surface area contributed by atoms with E-state index in [1.54, 1.807) is 20.2 Å². The molecule has 1 fully saturated rings. The Balaban J connectivity index is 1.88. The topological polar surface area (TPSA) is 72.2 Å². The fraction of sp³-hybridized carbons (Fsp3) is 0.353. The third kappa shape index (κ3) is 2.60. The molecule has 1 aliphatic heterocycles. The summed E-state index contributed by atoms with van der Waals surface area (Å²) in [6.07, 6.45) is 1.59. The van der Waals surface area contributed by atoms with Gasteiger partial charge in [0.05, 0.1) is 11.2 Å². The van der Waals surface area contributed by atoms with E-state index in [4.69, 9.17) is 11.6 Å². The van der Waals surface area contributed by atoms with Crippen molar-refractivity contribution in [2.24, 2.45) is 7.05 Å². The summed E-state index contributed by atoms with van der Waals surface area (Å²) in [6.45, 7) is 5.27. The molecular weight excluding hydrogens is 374 g/mol. The first kappa shape index (κ1) is 17.4. The molecule has 1 N–H and O–H groups in total. The maximum Gasteiger partial charge on any atom is 0.273 e. The minimum atomic E-state index is -3.84. The lowest BCUT2D eigenvalue weighted by atomic mass is 10.2. The van der Waals surface area contributed by atoms with E-state index in [2.05, 4.69) is 15.3 Å². The molecule has 26 heavy (non-hydrogen) atoms. The first-order valence-electron chi connectivity index (χ1n) is 8.41. The highest BCUT2D eigenvalue weighted by molar-refractivity contribution is 7.90. The zero-order chi connectivity index (χ0) is 18.5. The number of hydrogen-bond donors (Lipinski definition) is 1. The molecule has 0 unspecified atom stereocenters. The summed E-state index contributed by atoms with van der Waals surface area (Å²) >= 11 is 6.21. The maximum atomic E-state index is 13.3. The number of aryl methyl sites for hydroxylation is 2. The molecule has 0 saturated carbocycles. The van der Waals surface area contributed by atoms with Gasteiger partial charge in [-0.1, -0.05) is 17.7 Å². The van der Waals surface area contributed by atoms with E-state index < -0.39 is 10.0 Å². The van der Waals surface area contributed by atoms with Crippen molar-refractivity contribution in [3.8, 4) is 0 Å². The van der Waals surface area contributed by atoms with Crippen LogP contribution in [-0.2, 0) is 17.1 Å². The number of fused-ring (bicyclic) bond motifs is 1. The van der Waals surface area contributed by atoms with Gasteiger partial charge in [-0.05, 0) is 25.1 Å². The van der Waals surface area contributed by atoms with Crippen LogP contribution in [0.4, 0.5) is 5.69 Å². The van der Waals surface area contributed by atoms with Gasteiger partial charge in [-0.15, -0.1) is 0 Å². The molecule has 1 aliphatic rings. The van der Waals surface area contributed by atoms with Crippen molar-refractivity contribution >= 4 is 38.2 Å². The second kappa shape index (κ2) is 6.29. The summed E-state index contributed by atoms with van der Waals surface area (Å²) in [4.78, 5) is 2.32.